The summed E-state index contributed by atoms with van der Waals surface area (Å²) in [5.74, 6) is -2.62. The number of likely N-dealkylation sites (tertiary alicyclic amines) is 1. The second-order valence-electron chi connectivity index (χ2n) is 20.6. The van der Waals surface area contributed by atoms with Crippen LogP contribution in [-0.2, 0) is 51.0 Å². The molecule has 1 saturated carbocycles. The van der Waals surface area contributed by atoms with Gasteiger partial charge in [-0.15, -0.1) is 0 Å². The van der Waals surface area contributed by atoms with E-state index >= 15 is 0 Å². The van der Waals surface area contributed by atoms with E-state index in [-0.39, 0.29) is 49.5 Å². The van der Waals surface area contributed by atoms with Crippen LogP contribution in [0.15, 0.2) is 60.7 Å². The lowest BCUT2D eigenvalue weighted by molar-refractivity contribution is -0.161. The number of unbranched alkanes of at least 4 members (excludes halogenated alkanes) is 1. The van der Waals surface area contributed by atoms with Crippen LogP contribution in [0.4, 0.5) is 9.59 Å². The molecule has 370 valence electrons. The highest BCUT2D eigenvalue weighted by Gasteiger charge is 2.58. The number of piperidine rings is 1. The van der Waals surface area contributed by atoms with Gasteiger partial charge >= 0.3 is 18.2 Å². The first-order chi connectivity index (χ1) is 31.4. The van der Waals surface area contributed by atoms with Crippen molar-refractivity contribution >= 4 is 41.8 Å². The minimum Gasteiger partial charge on any atom is -0.468 e. The van der Waals surface area contributed by atoms with E-state index in [2.05, 4.69) is 26.6 Å². The molecule has 67 heavy (non-hydrogen) atoms. The number of carbonyl (C=O) groups is 7. The quantitative estimate of drug-likeness (QED) is 0.0598. The lowest BCUT2D eigenvalue weighted by atomic mass is 9.54. The number of benzene rings is 2. The highest BCUT2D eigenvalue weighted by molar-refractivity contribution is 5.95. The normalized spacial score (nSPS) is 17.1. The SMILES string of the molecule is COC(=O)C1(N)CC2(CCN(C(=O)[C@@H](CCCCNC(=O)OC(C)(C)C)NC(=O)[C@@H](CC(C)C)NC(=O)[C@@H](Cc3ccccc3)NC(=O)[C@@H](Cc3ccccc3)NC(=O)OC(C)(C)C)CC2)C1. The van der Waals surface area contributed by atoms with Gasteiger partial charge in [0.2, 0.25) is 23.6 Å². The van der Waals surface area contributed by atoms with Crippen LogP contribution in [0.3, 0.4) is 0 Å². The summed E-state index contributed by atoms with van der Waals surface area (Å²) in [6.45, 7) is 15.4. The number of nitrogens with zero attached hydrogens (tertiary/aromatic N) is 1. The zero-order valence-electron chi connectivity index (χ0n) is 41.0. The Bertz CT molecular complexity index is 1980. The van der Waals surface area contributed by atoms with Crippen LogP contribution in [0.2, 0.25) is 0 Å². The molecule has 17 nitrogen and oxygen atoms in total. The second kappa shape index (κ2) is 23.8. The second-order valence-corrected chi connectivity index (χ2v) is 20.6. The van der Waals surface area contributed by atoms with Crippen LogP contribution in [0.1, 0.15) is 118 Å². The standard InChI is InChI=1S/C50H75N7O10/c1-33(2)28-37(54-41(59)38(29-34-18-12-10-13-19-34)55-42(60)39(30-35-20-14-11-15-21-35)56-46(64)67-48(6,7)8)40(58)53-36(22-16-17-25-52-45(63)66-47(3,4)5)43(61)57-26-23-49(24-27-57)31-50(51,32-49)44(62)65-9/h10-15,18-21,33,36-39H,16-17,22-32,51H2,1-9H3,(H,52,63)(H,53,58)(H,54,59)(H,55,60)(H,56,64)/t36-,37-,38-,39-/m1/s1. The molecule has 1 saturated heterocycles. The van der Waals surface area contributed by atoms with Crippen molar-refractivity contribution in [3.05, 3.63) is 71.8 Å². The van der Waals surface area contributed by atoms with Crippen molar-refractivity contribution in [3.8, 4) is 0 Å². The molecule has 1 heterocycles. The number of hydrogen-bond donors (Lipinski definition) is 6. The van der Waals surface area contributed by atoms with Gasteiger partial charge in [-0.05, 0) is 115 Å². The molecule has 2 aromatic rings. The van der Waals surface area contributed by atoms with Gasteiger partial charge in [-0.2, -0.15) is 0 Å². The van der Waals surface area contributed by atoms with Crippen LogP contribution >= 0.6 is 0 Å². The minimum absolute atomic E-state index is 0.0682. The van der Waals surface area contributed by atoms with E-state index in [1.54, 1.807) is 46.4 Å². The van der Waals surface area contributed by atoms with Crippen molar-refractivity contribution in [1.29, 1.82) is 0 Å². The fourth-order valence-corrected chi connectivity index (χ4v) is 8.73. The smallest absolute Gasteiger partial charge is 0.408 e. The molecule has 0 bridgehead atoms. The van der Waals surface area contributed by atoms with E-state index in [0.717, 1.165) is 11.1 Å². The van der Waals surface area contributed by atoms with E-state index in [1.165, 1.54) is 7.11 Å². The molecule has 1 aliphatic heterocycles. The van der Waals surface area contributed by atoms with Crippen LogP contribution < -0.4 is 32.3 Å². The van der Waals surface area contributed by atoms with Gasteiger partial charge in [0.15, 0.2) is 0 Å². The number of carbonyl (C=O) groups excluding carboxylic acids is 7. The summed E-state index contributed by atoms with van der Waals surface area (Å²) in [6, 6.07) is 13.9. The Morgan fingerprint density at radius 2 is 1.12 bits per heavy atom. The number of amides is 6. The average molecular weight is 934 g/mol. The Morgan fingerprint density at radius 1 is 0.657 bits per heavy atom. The van der Waals surface area contributed by atoms with Gasteiger partial charge in [-0.1, -0.05) is 74.5 Å². The third-order valence-electron chi connectivity index (χ3n) is 11.9. The lowest BCUT2D eigenvalue weighted by Crippen LogP contribution is -2.66. The van der Waals surface area contributed by atoms with Crippen molar-refractivity contribution in [1.82, 2.24) is 31.5 Å². The fraction of sp³-hybridized carbons (Fsp3) is 0.620. The summed E-state index contributed by atoms with van der Waals surface area (Å²) in [4.78, 5) is 96.7. The topological polar surface area (TPSA) is 237 Å². The predicted molar refractivity (Wildman–Crippen MR) is 253 cm³/mol. The third-order valence-corrected chi connectivity index (χ3v) is 11.9. The first-order valence-corrected chi connectivity index (χ1v) is 23.5. The Morgan fingerprint density at radius 3 is 1.61 bits per heavy atom. The molecular weight excluding hydrogens is 859 g/mol. The van der Waals surface area contributed by atoms with E-state index in [1.807, 2.05) is 74.5 Å². The summed E-state index contributed by atoms with van der Waals surface area (Å²) in [5.41, 5.74) is 5.13. The van der Waals surface area contributed by atoms with Gasteiger partial charge in [0.1, 0.15) is 40.9 Å². The Labute approximate surface area is 396 Å². The van der Waals surface area contributed by atoms with Gasteiger partial charge in [0, 0.05) is 32.5 Å². The molecule has 0 radical (unpaired) electrons. The lowest BCUT2D eigenvalue weighted by Gasteiger charge is -2.56. The average Bonchev–Trinajstić information content (AvgIpc) is 3.23. The van der Waals surface area contributed by atoms with Crippen LogP contribution in [0.25, 0.3) is 0 Å². The number of esters is 1. The summed E-state index contributed by atoms with van der Waals surface area (Å²) >= 11 is 0. The maximum atomic E-state index is 14.4. The van der Waals surface area contributed by atoms with Gasteiger partial charge < -0.3 is 51.4 Å². The molecule has 17 heteroatoms. The number of ether oxygens (including phenoxy) is 3. The summed E-state index contributed by atoms with van der Waals surface area (Å²) in [6.07, 6.45) is 2.45. The zero-order chi connectivity index (χ0) is 49.6. The maximum Gasteiger partial charge on any atom is 0.408 e. The minimum atomic E-state index is -1.18. The van der Waals surface area contributed by atoms with Crippen molar-refractivity contribution in [2.75, 3.05) is 26.7 Å². The molecule has 2 aromatic carbocycles. The molecule has 1 spiro atoms. The number of methoxy groups -OCH3 is 1. The summed E-state index contributed by atoms with van der Waals surface area (Å²) < 4.78 is 15.8. The largest absolute Gasteiger partial charge is 0.468 e. The molecule has 4 rings (SSSR count). The molecule has 2 aliphatic rings. The number of nitrogens with one attached hydrogen (secondary N) is 5. The fourth-order valence-electron chi connectivity index (χ4n) is 8.73. The van der Waals surface area contributed by atoms with E-state index in [4.69, 9.17) is 19.9 Å². The maximum absolute atomic E-state index is 14.4. The van der Waals surface area contributed by atoms with E-state index in [0.29, 0.717) is 51.6 Å². The molecule has 1 aliphatic carbocycles. The van der Waals surface area contributed by atoms with Crippen molar-refractivity contribution in [2.24, 2.45) is 17.1 Å². The van der Waals surface area contributed by atoms with E-state index in [9.17, 15) is 33.6 Å². The Balaban J connectivity index is 1.53. The number of rotatable bonds is 20. The molecule has 4 atom stereocenters. The van der Waals surface area contributed by atoms with Crippen LogP contribution in [-0.4, -0.2) is 114 Å². The third kappa shape index (κ3) is 17.5. The monoisotopic (exact) mass is 934 g/mol. The Kier molecular flexibility index (Phi) is 19.2. The van der Waals surface area contributed by atoms with Gasteiger partial charge in [0.05, 0.1) is 7.11 Å². The molecule has 0 aromatic heterocycles. The molecule has 2 fully saturated rings. The highest BCUT2D eigenvalue weighted by atomic mass is 16.6. The Hall–Kier alpha value is -5.71. The van der Waals surface area contributed by atoms with Crippen molar-refractivity contribution in [2.45, 2.75) is 161 Å². The molecule has 6 amide bonds. The van der Waals surface area contributed by atoms with Gasteiger partial charge in [0.25, 0.3) is 0 Å². The first kappa shape index (κ1) is 53.9. The van der Waals surface area contributed by atoms with Crippen LogP contribution in [0.5, 0.6) is 0 Å². The van der Waals surface area contributed by atoms with Crippen molar-refractivity contribution < 1.29 is 47.8 Å². The number of hydrogen-bond acceptors (Lipinski definition) is 11. The van der Waals surface area contributed by atoms with E-state index < -0.39 is 76.8 Å². The first-order valence-electron chi connectivity index (χ1n) is 23.5. The highest BCUT2D eigenvalue weighted by Crippen LogP contribution is 2.54. The molecular formula is C50H75N7O10. The van der Waals surface area contributed by atoms with Gasteiger partial charge in [-0.3, -0.25) is 24.0 Å². The molecule has 0 unspecified atom stereocenters. The van der Waals surface area contributed by atoms with Gasteiger partial charge in [-0.25, -0.2) is 9.59 Å². The summed E-state index contributed by atoms with van der Waals surface area (Å²) in [5, 5.41) is 14.1. The zero-order valence-corrected chi connectivity index (χ0v) is 41.0. The predicted octanol–water partition coefficient (Wildman–Crippen LogP) is 4.83. The number of nitrogens with two attached hydrogens (primary N) is 1. The number of alkyl carbamates (subject to hydrolysis) is 2. The van der Waals surface area contributed by atoms with Crippen molar-refractivity contribution in [3.63, 3.8) is 0 Å². The molecule has 7 N–H and O–H groups in total. The summed E-state index contributed by atoms with van der Waals surface area (Å²) in [7, 11) is 1.32. The van der Waals surface area contributed by atoms with Crippen LogP contribution in [0, 0.1) is 11.3 Å².